The number of rotatable bonds is 3. The molecule has 0 radical (unpaired) electrons. The van der Waals surface area contributed by atoms with Crippen molar-refractivity contribution in [2.24, 2.45) is 0 Å². The molecule has 0 saturated heterocycles. The minimum absolute atomic E-state index is 0.0439. The highest BCUT2D eigenvalue weighted by molar-refractivity contribution is 6.42. The molecule has 3 rings (SSSR count). The molecule has 1 amide bonds. The van der Waals surface area contributed by atoms with E-state index in [9.17, 15) is 4.79 Å². The summed E-state index contributed by atoms with van der Waals surface area (Å²) in [6.07, 6.45) is 2.80. The lowest BCUT2D eigenvalue weighted by Gasteiger charge is -2.33. The number of amides is 1. The molecule has 1 atom stereocenters. The van der Waals surface area contributed by atoms with Crippen molar-refractivity contribution in [3.63, 3.8) is 0 Å². The highest BCUT2D eigenvalue weighted by Gasteiger charge is 2.28. The van der Waals surface area contributed by atoms with E-state index in [0.717, 1.165) is 17.9 Å². The van der Waals surface area contributed by atoms with Crippen molar-refractivity contribution in [2.75, 3.05) is 6.54 Å². The summed E-state index contributed by atoms with van der Waals surface area (Å²) in [5.74, 6) is 0.960. The maximum Gasteiger partial charge on any atom is 0.223 e. The van der Waals surface area contributed by atoms with Crippen LogP contribution in [0.15, 0.2) is 24.5 Å². The first kappa shape index (κ1) is 15.3. The van der Waals surface area contributed by atoms with Gasteiger partial charge in [-0.25, -0.2) is 0 Å². The Kier molecular flexibility index (Phi) is 4.36. The maximum atomic E-state index is 12.5. The zero-order chi connectivity index (χ0) is 15.7. The van der Waals surface area contributed by atoms with E-state index < -0.39 is 0 Å². The number of hydrogen-bond donors (Lipinski definition) is 0. The zero-order valence-corrected chi connectivity index (χ0v) is 13.7. The van der Waals surface area contributed by atoms with Gasteiger partial charge in [0.25, 0.3) is 0 Å². The van der Waals surface area contributed by atoms with Gasteiger partial charge in [0.1, 0.15) is 6.33 Å². The van der Waals surface area contributed by atoms with Crippen LogP contribution in [-0.2, 0) is 17.8 Å². The second-order valence-corrected chi connectivity index (χ2v) is 6.21. The molecule has 0 bridgehead atoms. The Morgan fingerprint density at radius 2 is 2.14 bits per heavy atom. The van der Waals surface area contributed by atoms with Gasteiger partial charge in [-0.15, -0.1) is 10.2 Å². The van der Waals surface area contributed by atoms with Gasteiger partial charge in [-0.2, -0.15) is 0 Å². The molecule has 0 unspecified atom stereocenters. The summed E-state index contributed by atoms with van der Waals surface area (Å²) >= 11 is 11.9. The third-order valence-corrected chi connectivity index (χ3v) is 4.74. The molecule has 1 aromatic heterocycles. The van der Waals surface area contributed by atoms with Gasteiger partial charge in [0.05, 0.1) is 16.1 Å². The summed E-state index contributed by atoms with van der Waals surface area (Å²) < 4.78 is 1.99. The molecule has 2 heterocycles. The van der Waals surface area contributed by atoms with E-state index in [0.29, 0.717) is 29.4 Å². The SMILES string of the molecule is C[C@H]1c2nncn2CCN1C(=O)CCc1ccc(Cl)c(Cl)c1. The van der Waals surface area contributed by atoms with E-state index in [-0.39, 0.29) is 11.9 Å². The first-order chi connectivity index (χ1) is 10.6. The highest BCUT2D eigenvalue weighted by Crippen LogP contribution is 2.25. The molecule has 2 aromatic rings. The van der Waals surface area contributed by atoms with Gasteiger partial charge < -0.3 is 9.47 Å². The Hall–Kier alpha value is -1.59. The van der Waals surface area contributed by atoms with Crippen molar-refractivity contribution in [3.8, 4) is 0 Å². The number of nitrogens with zero attached hydrogens (tertiary/aromatic N) is 4. The fraction of sp³-hybridized carbons (Fsp3) is 0.400. The van der Waals surface area contributed by atoms with Crippen LogP contribution in [0, 0.1) is 0 Å². The molecule has 7 heteroatoms. The van der Waals surface area contributed by atoms with Crippen molar-refractivity contribution in [2.45, 2.75) is 32.4 Å². The molecule has 0 aliphatic carbocycles. The monoisotopic (exact) mass is 338 g/mol. The smallest absolute Gasteiger partial charge is 0.223 e. The Balaban J connectivity index is 1.64. The lowest BCUT2D eigenvalue weighted by atomic mass is 10.1. The summed E-state index contributed by atoms with van der Waals surface area (Å²) in [6, 6.07) is 5.43. The number of carbonyl (C=O) groups excluding carboxylic acids is 1. The van der Waals surface area contributed by atoms with Gasteiger partial charge in [-0.3, -0.25) is 4.79 Å². The lowest BCUT2D eigenvalue weighted by molar-refractivity contribution is -0.134. The predicted octanol–water partition coefficient (Wildman–Crippen LogP) is 3.12. The Labute approximate surface area is 138 Å². The number of hydrogen-bond acceptors (Lipinski definition) is 3. The van der Waals surface area contributed by atoms with Crippen LogP contribution >= 0.6 is 23.2 Å². The van der Waals surface area contributed by atoms with Crippen LogP contribution in [0.25, 0.3) is 0 Å². The molecular formula is C15H16Cl2N4O. The molecule has 0 N–H and O–H groups in total. The number of halogens is 2. The molecule has 22 heavy (non-hydrogen) atoms. The number of benzene rings is 1. The molecular weight excluding hydrogens is 323 g/mol. The van der Waals surface area contributed by atoms with Crippen LogP contribution in [0.4, 0.5) is 0 Å². The van der Waals surface area contributed by atoms with Crippen LogP contribution in [-0.4, -0.2) is 32.1 Å². The van der Waals surface area contributed by atoms with Crippen LogP contribution in [0.3, 0.4) is 0 Å². The minimum Gasteiger partial charge on any atom is -0.331 e. The molecule has 1 aliphatic rings. The van der Waals surface area contributed by atoms with Crippen molar-refractivity contribution in [1.82, 2.24) is 19.7 Å². The summed E-state index contributed by atoms with van der Waals surface area (Å²) in [6.45, 7) is 3.41. The Bertz CT molecular complexity index is 701. The van der Waals surface area contributed by atoms with E-state index in [1.165, 1.54) is 0 Å². The summed E-state index contributed by atoms with van der Waals surface area (Å²) in [5, 5.41) is 9.05. The molecule has 116 valence electrons. The zero-order valence-electron chi connectivity index (χ0n) is 12.2. The first-order valence-electron chi connectivity index (χ1n) is 7.17. The molecule has 5 nitrogen and oxygen atoms in total. The average Bonchev–Trinajstić information content (AvgIpc) is 2.98. The van der Waals surface area contributed by atoms with E-state index >= 15 is 0 Å². The predicted molar refractivity (Wildman–Crippen MR) is 84.9 cm³/mol. The topological polar surface area (TPSA) is 51.0 Å². The first-order valence-corrected chi connectivity index (χ1v) is 7.93. The fourth-order valence-corrected chi connectivity index (χ4v) is 3.06. The third-order valence-electron chi connectivity index (χ3n) is 4.00. The maximum absolute atomic E-state index is 12.5. The molecule has 1 aliphatic heterocycles. The minimum atomic E-state index is -0.0439. The van der Waals surface area contributed by atoms with Crippen LogP contribution in [0.1, 0.15) is 30.8 Å². The quantitative estimate of drug-likeness (QED) is 0.863. The Morgan fingerprint density at radius 3 is 2.91 bits per heavy atom. The average molecular weight is 339 g/mol. The molecule has 0 saturated carbocycles. The number of fused-ring (bicyclic) bond motifs is 1. The van der Waals surface area contributed by atoms with Crippen LogP contribution < -0.4 is 0 Å². The van der Waals surface area contributed by atoms with Gasteiger partial charge in [-0.1, -0.05) is 29.3 Å². The molecule has 0 fully saturated rings. The molecule has 0 spiro atoms. The van der Waals surface area contributed by atoms with Crippen LogP contribution in [0.5, 0.6) is 0 Å². The Morgan fingerprint density at radius 1 is 1.32 bits per heavy atom. The van der Waals surface area contributed by atoms with Crippen molar-refractivity contribution >= 4 is 29.1 Å². The second-order valence-electron chi connectivity index (χ2n) is 5.39. The van der Waals surface area contributed by atoms with E-state index in [1.54, 1.807) is 12.4 Å². The normalized spacial score (nSPS) is 17.4. The van der Waals surface area contributed by atoms with Gasteiger partial charge in [-0.05, 0) is 31.0 Å². The fourth-order valence-electron chi connectivity index (χ4n) is 2.74. The standard InChI is InChI=1S/C15H16Cl2N4O/c1-10-15-19-18-9-20(15)6-7-21(10)14(22)5-3-11-2-4-12(16)13(17)8-11/h2,4,8-10H,3,5-7H2,1H3/t10-/m0/s1. The van der Waals surface area contributed by atoms with Crippen LogP contribution in [0.2, 0.25) is 10.0 Å². The van der Waals surface area contributed by atoms with Crippen molar-refractivity contribution in [3.05, 3.63) is 46.0 Å². The van der Waals surface area contributed by atoms with E-state index in [1.807, 2.05) is 28.5 Å². The third kappa shape index (κ3) is 2.96. The van der Waals surface area contributed by atoms with Gasteiger partial charge in [0.2, 0.25) is 5.91 Å². The van der Waals surface area contributed by atoms with E-state index in [4.69, 9.17) is 23.2 Å². The summed E-state index contributed by atoms with van der Waals surface area (Å²) in [4.78, 5) is 14.3. The number of carbonyl (C=O) groups is 1. The molecule has 1 aromatic carbocycles. The van der Waals surface area contributed by atoms with Crippen molar-refractivity contribution in [1.29, 1.82) is 0 Å². The highest BCUT2D eigenvalue weighted by atomic mass is 35.5. The number of aryl methyl sites for hydroxylation is 1. The lowest BCUT2D eigenvalue weighted by Crippen LogP contribution is -2.41. The second kappa shape index (κ2) is 6.26. The van der Waals surface area contributed by atoms with Gasteiger partial charge >= 0.3 is 0 Å². The number of aromatic nitrogens is 3. The largest absolute Gasteiger partial charge is 0.331 e. The summed E-state index contributed by atoms with van der Waals surface area (Å²) in [5.41, 5.74) is 1.01. The summed E-state index contributed by atoms with van der Waals surface area (Å²) in [7, 11) is 0. The van der Waals surface area contributed by atoms with E-state index in [2.05, 4.69) is 10.2 Å². The van der Waals surface area contributed by atoms with Crippen molar-refractivity contribution < 1.29 is 4.79 Å². The van der Waals surface area contributed by atoms with Gasteiger partial charge in [0, 0.05) is 19.5 Å². The van der Waals surface area contributed by atoms with Gasteiger partial charge in [0.15, 0.2) is 5.82 Å².